The molecule has 0 aliphatic rings. The lowest BCUT2D eigenvalue weighted by molar-refractivity contribution is 0.170. The van der Waals surface area contributed by atoms with Crippen LogP contribution in [0.3, 0.4) is 0 Å². The van der Waals surface area contributed by atoms with E-state index in [2.05, 4.69) is 0 Å². The Morgan fingerprint density at radius 3 is 2.56 bits per heavy atom. The monoisotopic (exact) mass is 224 g/mol. The van der Waals surface area contributed by atoms with Crippen LogP contribution in [0.5, 0.6) is 11.5 Å². The maximum Gasteiger partial charge on any atom is 0.161 e. The molecule has 0 fully saturated rings. The Balaban J connectivity index is 2.57. The van der Waals surface area contributed by atoms with Gasteiger partial charge < -0.3 is 14.2 Å². The van der Waals surface area contributed by atoms with E-state index in [4.69, 9.17) is 14.2 Å². The van der Waals surface area contributed by atoms with Crippen molar-refractivity contribution < 1.29 is 14.2 Å². The van der Waals surface area contributed by atoms with Crippen molar-refractivity contribution in [1.82, 2.24) is 0 Å². The second-order valence-corrected chi connectivity index (χ2v) is 3.58. The first-order valence-electron chi connectivity index (χ1n) is 5.63. The summed E-state index contributed by atoms with van der Waals surface area (Å²) < 4.78 is 16.1. The van der Waals surface area contributed by atoms with Crippen LogP contribution < -0.4 is 9.47 Å². The Bertz CT molecular complexity index is 310. The Hall–Kier alpha value is -1.22. The topological polar surface area (TPSA) is 27.7 Å². The molecule has 0 saturated heterocycles. The van der Waals surface area contributed by atoms with Crippen molar-refractivity contribution in [3.8, 4) is 11.5 Å². The summed E-state index contributed by atoms with van der Waals surface area (Å²) in [6, 6.07) is 5.97. The summed E-state index contributed by atoms with van der Waals surface area (Å²) in [5, 5.41) is 0. The quantitative estimate of drug-likeness (QED) is 0.666. The highest BCUT2D eigenvalue weighted by Gasteiger charge is 2.04. The van der Waals surface area contributed by atoms with Crippen LogP contribution in [0.25, 0.3) is 0 Å². The van der Waals surface area contributed by atoms with Crippen molar-refractivity contribution >= 4 is 0 Å². The van der Waals surface area contributed by atoms with Crippen LogP contribution in [0.4, 0.5) is 0 Å². The second-order valence-electron chi connectivity index (χ2n) is 3.58. The molecule has 3 heteroatoms. The zero-order chi connectivity index (χ0) is 11.8. The van der Waals surface area contributed by atoms with Gasteiger partial charge in [-0.25, -0.2) is 0 Å². The van der Waals surface area contributed by atoms with Crippen LogP contribution in [0.1, 0.15) is 18.9 Å². The summed E-state index contributed by atoms with van der Waals surface area (Å²) in [6.45, 7) is 6.02. The third-order valence-electron chi connectivity index (χ3n) is 2.15. The minimum Gasteiger partial charge on any atom is -0.490 e. The van der Waals surface area contributed by atoms with E-state index >= 15 is 0 Å². The van der Waals surface area contributed by atoms with Gasteiger partial charge in [0, 0.05) is 20.1 Å². The van der Waals surface area contributed by atoms with E-state index < -0.39 is 0 Å². The molecule has 90 valence electrons. The zero-order valence-electron chi connectivity index (χ0n) is 10.3. The molecule has 0 aliphatic heterocycles. The Morgan fingerprint density at radius 1 is 1.06 bits per heavy atom. The third-order valence-corrected chi connectivity index (χ3v) is 2.15. The lowest BCUT2D eigenvalue weighted by Gasteiger charge is -2.12. The van der Waals surface area contributed by atoms with Gasteiger partial charge in [-0.1, -0.05) is 6.07 Å². The molecule has 1 rings (SSSR count). The zero-order valence-corrected chi connectivity index (χ0v) is 10.3. The SMILES string of the molecule is CCOc1ccc(C)cc1OCCCOC. The molecule has 0 radical (unpaired) electrons. The third kappa shape index (κ3) is 4.11. The molecule has 0 heterocycles. The van der Waals surface area contributed by atoms with Gasteiger partial charge in [0.25, 0.3) is 0 Å². The van der Waals surface area contributed by atoms with E-state index in [0.717, 1.165) is 24.5 Å². The maximum absolute atomic E-state index is 5.67. The first-order valence-corrected chi connectivity index (χ1v) is 5.63. The van der Waals surface area contributed by atoms with Crippen LogP contribution >= 0.6 is 0 Å². The lowest BCUT2D eigenvalue weighted by Crippen LogP contribution is -2.03. The highest BCUT2D eigenvalue weighted by Crippen LogP contribution is 2.28. The number of methoxy groups -OCH3 is 1. The molecule has 16 heavy (non-hydrogen) atoms. The van der Waals surface area contributed by atoms with Crippen LogP contribution in [-0.4, -0.2) is 26.9 Å². The fraction of sp³-hybridized carbons (Fsp3) is 0.538. The van der Waals surface area contributed by atoms with Crippen molar-refractivity contribution in [1.29, 1.82) is 0 Å². The van der Waals surface area contributed by atoms with E-state index in [0.29, 0.717) is 13.2 Å². The van der Waals surface area contributed by atoms with Crippen LogP contribution in [-0.2, 0) is 4.74 Å². The highest BCUT2D eigenvalue weighted by molar-refractivity contribution is 5.42. The predicted molar refractivity (Wildman–Crippen MR) is 64.3 cm³/mol. The van der Waals surface area contributed by atoms with Crippen molar-refractivity contribution in [3.05, 3.63) is 23.8 Å². The van der Waals surface area contributed by atoms with E-state index in [1.807, 2.05) is 32.0 Å². The molecule has 0 atom stereocenters. The summed E-state index contributed by atoms with van der Waals surface area (Å²) in [4.78, 5) is 0. The number of benzene rings is 1. The van der Waals surface area contributed by atoms with Crippen LogP contribution in [0.15, 0.2) is 18.2 Å². The molecular formula is C13H20O3. The molecule has 1 aromatic rings. The van der Waals surface area contributed by atoms with E-state index in [1.165, 1.54) is 5.56 Å². The molecule has 0 aromatic heterocycles. The summed E-state index contributed by atoms with van der Waals surface area (Å²) in [5.41, 5.74) is 1.17. The largest absolute Gasteiger partial charge is 0.490 e. The van der Waals surface area contributed by atoms with Gasteiger partial charge in [0.05, 0.1) is 13.2 Å². The minimum atomic E-state index is 0.650. The first-order chi connectivity index (χ1) is 7.77. The van der Waals surface area contributed by atoms with Gasteiger partial charge in [-0.05, 0) is 31.5 Å². The van der Waals surface area contributed by atoms with E-state index in [-0.39, 0.29) is 0 Å². The van der Waals surface area contributed by atoms with Gasteiger partial charge in [0.2, 0.25) is 0 Å². The highest BCUT2D eigenvalue weighted by atomic mass is 16.5. The van der Waals surface area contributed by atoms with Crippen molar-refractivity contribution in [2.45, 2.75) is 20.3 Å². The van der Waals surface area contributed by atoms with Gasteiger partial charge in [-0.3, -0.25) is 0 Å². The second kappa shape index (κ2) is 7.12. The standard InChI is InChI=1S/C13H20O3/c1-4-15-12-7-6-11(2)10-13(12)16-9-5-8-14-3/h6-7,10H,4-5,8-9H2,1-3H3. The maximum atomic E-state index is 5.67. The number of hydrogen-bond donors (Lipinski definition) is 0. The van der Waals surface area contributed by atoms with Crippen LogP contribution in [0.2, 0.25) is 0 Å². The Morgan fingerprint density at radius 2 is 1.88 bits per heavy atom. The number of rotatable bonds is 7. The molecular weight excluding hydrogens is 204 g/mol. The average Bonchev–Trinajstić information content (AvgIpc) is 2.28. The first kappa shape index (κ1) is 12.8. The van der Waals surface area contributed by atoms with Crippen molar-refractivity contribution in [2.24, 2.45) is 0 Å². The van der Waals surface area contributed by atoms with Crippen LogP contribution in [0, 0.1) is 6.92 Å². The molecule has 0 unspecified atom stereocenters. The number of hydrogen-bond acceptors (Lipinski definition) is 3. The van der Waals surface area contributed by atoms with Gasteiger partial charge >= 0.3 is 0 Å². The van der Waals surface area contributed by atoms with E-state index in [9.17, 15) is 0 Å². The number of aryl methyl sites for hydroxylation is 1. The summed E-state index contributed by atoms with van der Waals surface area (Å²) in [7, 11) is 1.69. The Labute approximate surface area is 97.3 Å². The summed E-state index contributed by atoms with van der Waals surface area (Å²) in [6.07, 6.45) is 0.885. The van der Waals surface area contributed by atoms with Crippen molar-refractivity contribution in [2.75, 3.05) is 26.9 Å². The molecule has 0 N–H and O–H groups in total. The molecule has 0 aliphatic carbocycles. The minimum absolute atomic E-state index is 0.650. The van der Waals surface area contributed by atoms with Gasteiger partial charge in [0.15, 0.2) is 11.5 Å². The lowest BCUT2D eigenvalue weighted by atomic mass is 10.2. The molecule has 1 aromatic carbocycles. The van der Waals surface area contributed by atoms with Gasteiger partial charge in [0.1, 0.15) is 0 Å². The Kier molecular flexibility index (Phi) is 5.72. The smallest absolute Gasteiger partial charge is 0.161 e. The van der Waals surface area contributed by atoms with Gasteiger partial charge in [-0.15, -0.1) is 0 Å². The molecule has 0 bridgehead atoms. The molecule has 3 nitrogen and oxygen atoms in total. The van der Waals surface area contributed by atoms with Gasteiger partial charge in [-0.2, -0.15) is 0 Å². The molecule has 0 amide bonds. The number of ether oxygens (including phenoxy) is 3. The fourth-order valence-corrected chi connectivity index (χ4v) is 1.39. The normalized spacial score (nSPS) is 10.2. The van der Waals surface area contributed by atoms with Crippen molar-refractivity contribution in [3.63, 3.8) is 0 Å². The van der Waals surface area contributed by atoms with E-state index in [1.54, 1.807) is 7.11 Å². The summed E-state index contributed by atoms with van der Waals surface area (Å²) in [5.74, 6) is 1.63. The molecule has 0 saturated carbocycles. The average molecular weight is 224 g/mol. The molecule has 0 spiro atoms. The summed E-state index contributed by atoms with van der Waals surface area (Å²) >= 11 is 0. The fourth-order valence-electron chi connectivity index (χ4n) is 1.39. The predicted octanol–water partition coefficient (Wildman–Crippen LogP) is 2.81.